The molecule has 1 N–H and O–H groups in total. The Morgan fingerprint density at radius 3 is 2.18 bits per heavy atom. The normalized spacial score (nSPS) is 10.0. The third-order valence-corrected chi connectivity index (χ3v) is 2.97. The molecule has 0 aliphatic rings. The zero-order valence-electron chi connectivity index (χ0n) is 10.9. The standard InChI is InChI=1S/C13H8ClN3O5/c14-8-1-6-12(17(21)22)11(7-8)13(18)15-9-2-4-10(5-3-9)16(19)20/h1-7H,(H,15,18). The van der Waals surface area contributed by atoms with Crippen LogP contribution in [0.5, 0.6) is 0 Å². The minimum Gasteiger partial charge on any atom is -0.322 e. The first-order chi connectivity index (χ1) is 10.4. The van der Waals surface area contributed by atoms with E-state index in [1.807, 2.05) is 0 Å². The van der Waals surface area contributed by atoms with Gasteiger partial charge in [0.05, 0.1) is 9.85 Å². The van der Waals surface area contributed by atoms with Gasteiger partial charge in [0.25, 0.3) is 17.3 Å². The molecule has 0 heterocycles. The molecule has 0 fully saturated rings. The average molecular weight is 322 g/mol. The van der Waals surface area contributed by atoms with Gasteiger partial charge in [-0.05, 0) is 24.3 Å². The summed E-state index contributed by atoms with van der Waals surface area (Å²) in [6.45, 7) is 0. The summed E-state index contributed by atoms with van der Waals surface area (Å²) < 4.78 is 0. The molecule has 0 bridgehead atoms. The quantitative estimate of drug-likeness (QED) is 0.684. The summed E-state index contributed by atoms with van der Waals surface area (Å²) in [5.74, 6) is -0.733. The third-order valence-electron chi connectivity index (χ3n) is 2.74. The minimum atomic E-state index is -0.733. The molecule has 8 nitrogen and oxygen atoms in total. The summed E-state index contributed by atoms with van der Waals surface area (Å²) in [5, 5.41) is 24.1. The van der Waals surface area contributed by atoms with Gasteiger partial charge in [0.2, 0.25) is 0 Å². The number of hydrogen-bond donors (Lipinski definition) is 1. The zero-order chi connectivity index (χ0) is 16.3. The van der Waals surface area contributed by atoms with Gasteiger partial charge in [-0.15, -0.1) is 0 Å². The highest BCUT2D eigenvalue weighted by Crippen LogP contribution is 2.24. The van der Waals surface area contributed by atoms with Gasteiger partial charge < -0.3 is 5.32 Å². The Bertz CT molecular complexity index is 761. The molecule has 22 heavy (non-hydrogen) atoms. The van der Waals surface area contributed by atoms with Gasteiger partial charge in [-0.2, -0.15) is 0 Å². The van der Waals surface area contributed by atoms with E-state index < -0.39 is 15.8 Å². The van der Waals surface area contributed by atoms with Crippen molar-refractivity contribution in [3.63, 3.8) is 0 Å². The first-order valence-corrected chi connectivity index (χ1v) is 6.26. The van der Waals surface area contributed by atoms with E-state index in [-0.39, 0.29) is 27.6 Å². The number of nitrogens with zero attached hydrogens (tertiary/aromatic N) is 2. The summed E-state index contributed by atoms with van der Waals surface area (Å²) in [6.07, 6.45) is 0. The van der Waals surface area contributed by atoms with Crippen LogP contribution in [0.3, 0.4) is 0 Å². The van der Waals surface area contributed by atoms with Crippen molar-refractivity contribution >= 4 is 34.6 Å². The van der Waals surface area contributed by atoms with Gasteiger partial charge in [0.15, 0.2) is 0 Å². The van der Waals surface area contributed by atoms with Gasteiger partial charge in [-0.3, -0.25) is 25.0 Å². The summed E-state index contributed by atoms with van der Waals surface area (Å²) in [5.41, 5.74) is -0.448. The van der Waals surface area contributed by atoms with Crippen LogP contribution in [0.2, 0.25) is 5.02 Å². The Kier molecular flexibility index (Phi) is 4.33. The summed E-state index contributed by atoms with van der Waals surface area (Å²) in [6, 6.07) is 8.69. The van der Waals surface area contributed by atoms with Crippen LogP contribution >= 0.6 is 11.6 Å². The summed E-state index contributed by atoms with van der Waals surface area (Å²) in [7, 11) is 0. The highest BCUT2D eigenvalue weighted by Gasteiger charge is 2.20. The van der Waals surface area contributed by atoms with Crippen LogP contribution in [-0.2, 0) is 0 Å². The Morgan fingerprint density at radius 2 is 1.64 bits per heavy atom. The predicted molar refractivity (Wildman–Crippen MR) is 79.2 cm³/mol. The summed E-state index contributed by atoms with van der Waals surface area (Å²) >= 11 is 5.75. The molecule has 0 atom stereocenters. The number of nitrogens with one attached hydrogen (secondary N) is 1. The van der Waals surface area contributed by atoms with Crippen molar-refractivity contribution in [1.82, 2.24) is 0 Å². The number of non-ortho nitro benzene ring substituents is 1. The largest absolute Gasteiger partial charge is 0.322 e. The number of nitro benzene ring substituents is 2. The van der Waals surface area contributed by atoms with E-state index in [0.29, 0.717) is 0 Å². The summed E-state index contributed by atoms with van der Waals surface area (Å²) in [4.78, 5) is 32.3. The first-order valence-electron chi connectivity index (χ1n) is 5.88. The van der Waals surface area contributed by atoms with E-state index in [1.54, 1.807) is 0 Å². The van der Waals surface area contributed by atoms with Crippen LogP contribution in [0.25, 0.3) is 0 Å². The number of halogens is 1. The topological polar surface area (TPSA) is 115 Å². The van der Waals surface area contributed by atoms with E-state index in [2.05, 4.69) is 5.32 Å². The van der Waals surface area contributed by atoms with Crippen LogP contribution in [0.1, 0.15) is 10.4 Å². The molecule has 0 aliphatic heterocycles. The van der Waals surface area contributed by atoms with Gasteiger partial charge in [-0.1, -0.05) is 11.6 Å². The Hall–Kier alpha value is -3.00. The van der Waals surface area contributed by atoms with Gasteiger partial charge in [0.1, 0.15) is 5.56 Å². The Morgan fingerprint density at radius 1 is 1.00 bits per heavy atom. The van der Waals surface area contributed by atoms with Crippen LogP contribution in [0.4, 0.5) is 17.1 Å². The van der Waals surface area contributed by atoms with E-state index in [0.717, 1.165) is 6.07 Å². The lowest BCUT2D eigenvalue weighted by Crippen LogP contribution is -2.14. The second-order valence-electron chi connectivity index (χ2n) is 4.18. The predicted octanol–water partition coefficient (Wildman–Crippen LogP) is 3.41. The lowest BCUT2D eigenvalue weighted by molar-refractivity contribution is -0.385. The van der Waals surface area contributed by atoms with E-state index in [9.17, 15) is 25.0 Å². The Labute approximate surface area is 128 Å². The molecule has 9 heteroatoms. The molecule has 2 aromatic carbocycles. The maximum absolute atomic E-state index is 12.1. The number of rotatable bonds is 4. The molecule has 1 amide bonds. The molecule has 112 valence electrons. The second kappa shape index (κ2) is 6.19. The average Bonchev–Trinajstić information content (AvgIpc) is 2.47. The van der Waals surface area contributed by atoms with E-state index in [1.165, 1.54) is 36.4 Å². The molecule has 0 radical (unpaired) electrons. The maximum Gasteiger partial charge on any atom is 0.282 e. The van der Waals surface area contributed by atoms with Crippen LogP contribution < -0.4 is 5.32 Å². The molecular weight excluding hydrogens is 314 g/mol. The first kappa shape index (κ1) is 15.4. The molecule has 0 saturated carbocycles. The van der Waals surface area contributed by atoms with Crippen molar-refractivity contribution in [1.29, 1.82) is 0 Å². The molecule has 0 unspecified atom stereocenters. The number of amides is 1. The molecule has 0 saturated heterocycles. The van der Waals surface area contributed by atoms with Crippen LogP contribution in [0.15, 0.2) is 42.5 Å². The fourth-order valence-electron chi connectivity index (χ4n) is 1.71. The molecule has 2 rings (SSSR count). The SMILES string of the molecule is O=C(Nc1ccc([N+](=O)[O-])cc1)c1cc(Cl)ccc1[N+](=O)[O-]. The molecule has 0 spiro atoms. The number of carbonyl (C=O) groups excluding carboxylic acids is 1. The number of benzene rings is 2. The molecule has 0 aromatic heterocycles. The van der Waals surface area contributed by atoms with Crippen LogP contribution in [0, 0.1) is 20.2 Å². The van der Waals surface area contributed by atoms with Gasteiger partial charge >= 0.3 is 0 Å². The second-order valence-corrected chi connectivity index (χ2v) is 4.61. The van der Waals surface area contributed by atoms with Gasteiger partial charge in [0, 0.05) is 28.9 Å². The molecule has 2 aromatic rings. The van der Waals surface area contributed by atoms with Crippen LogP contribution in [-0.4, -0.2) is 15.8 Å². The number of carbonyl (C=O) groups is 1. The molecule has 0 aliphatic carbocycles. The van der Waals surface area contributed by atoms with E-state index in [4.69, 9.17) is 11.6 Å². The van der Waals surface area contributed by atoms with E-state index >= 15 is 0 Å². The maximum atomic E-state index is 12.1. The highest BCUT2D eigenvalue weighted by molar-refractivity contribution is 6.31. The lowest BCUT2D eigenvalue weighted by atomic mass is 10.1. The smallest absolute Gasteiger partial charge is 0.282 e. The number of nitro groups is 2. The zero-order valence-corrected chi connectivity index (χ0v) is 11.6. The monoisotopic (exact) mass is 321 g/mol. The highest BCUT2D eigenvalue weighted by atomic mass is 35.5. The van der Waals surface area contributed by atoms with Crippen molar-refractivity contribution in [2.45, 2.75) is 0 Å². The number of anilines is 1. The minimum absolute atomic E-state index is 0.133. The lowest BCUT2D eigenvalue weighted by Gasteiger charge is -2.06. The number of hydrogen-bond acceptors (Lipinski definition) is 5. The van der Waals surface area contributed by atoms with Crippen molar-refractivity contribution in [3.8, 4) is 0 Å². The van der Waals surface area contributed by atoms with Crippen molar-refractivity contribution in [2.75, 3.05) is 5.32 Å². The van der Waals surface area contributed by atoms with Crippen molar-refractivity contribution < 1.29 is 14.6 Å². The van der Waals surface area contributed by atoms with Crippen molar-refractivity contribution in [3.05, 3.63) is 73.3 Å². The van der Waals surface area contributed by atoms with Crippen molar-refractivity contribution in [2.24, 2.45) is 0 Å². The fourth-order valence-corrected chi connectivity index (χ4v) is 1.89. The fraction of sp³-hybridized carbons (Fsp3) is 0. The Balaban J connectivity index is 2.27. The third kappa shape index (κ3) is 3.36. The van der Waals surface area contributed by atoms with Gasteiger partial charge in [-0.25, -0.2) is 0 Å². The molecular formula is C13H8ClN3O5.